The van der Waals surface area contributed by atoms with Gasteiger partial charge in [-0.25, -0.2) is 4.98 Å². The molecule has 1 fully saturated rings. The van der Waals surface area contributed by atoms with Gasteiger partial charge in [0.2, 0.25) is 11.9 Å². The van der Waals surface area contributed by atoms with E-state index in [9.17, 15) is 0 Å². The van der Waals surface area contributed by atoms with Crippen LogP contribution in [0.5, 0.6) is 0 Å². The van der Waals surface area contributed by atoms with Crippen molar-refractivity contribution in [2.24, 2.45) is 0 Å². The lowest BCUT2D eigenvalue weighted by atomic mass is 10.2. The van der Waals surface area contributed by atoms with E-state index in [0.29, 0.717) is 28.6 Å². The molecule has 6 nitrogen and oxygen atoms in total. The van der Waals surface area contributed by atoms with Gasteiger partial charge in [0.05, 0.1) is 16.9 Å². The molecule has 1 aromatic carbocycles. The van der Waals surface area contributed by atoms with Gasteiger partial charge >= 0.3 is 0 Å². The van der Waals surface area contributed by atoms with Crippen LogP contribution in [0.2, 0.25) is 5.02 Å². The summed E-state index contributed by atoms with van der Waals surface area (Å²) in [6.07, 6.45) is 6.66. The molecule has 0 atom stereocenters. The summed E-state index contributed by atoms with van der Waals surface area (Å²) in [5, 5.41) is 7.19. The number of imidazole rings is 1. The molecule has 1 aliphatic rings. The lowest BCUT2D eigenvalue weighted by Crippen LogP contribution is -2.16. The topological polar surface area (TPSA) is 78.5 Å². The number of hydrogen-bond donors (Lipinski definition) is 3. The minimum Gasteiger partial charge on any atom is -0.351 e. The maximum absolute atomic E-state index is 6.15. The molecule has 0 saturated heterocycles. The molecular formula is C16H17ClN6. The summed E-state index contributed by atoms with van der Waals surface area (Å²) in [5.74, 6) is 1.24. The molecule has 1 saturated carbocycles. The van der Waals surface area contributed by atoms with Gasteiger partial charge in [0.1, 0.15) is 5.52 Å². The van der Waals surface area contributed by atoms with Crippen molar-refractivity contribution in [3.8, 4) is 0 Å². The lowest BCUT2D eigenvalue weighted by Gasteiger charge is -2.10. The second-order valence-corrected chi connectivity index (χ2v) is 6.15. The molecule has 118 valence electrons. The number of nitrogens with one attached hydrogen (secondary N) is 3. The number of benzene rings is 1. The number of rotatable bonds is 4. The summed E-state index contributed by atoms with van der Waals surface area (Å²) >= 11 is 6.15. The van der Waals surface area contributed by atoms with Gasteiger partial charge in [-0.05, 0) is 25.0 Å². The average molecular weight is 329 g/mol. The molecule has 3 N–H and O–H groups in total. The van der Waals surface area contributed by atoms with Crippen LogP contribution in [-0.4, -0.2) is 26.0 Å². The third kappa shape index (κ3) is 3.07. The quantitative estimate of drug-likeness (QED) is 0.672. The monoisotopic (exact) mass is 328 g/mol. The van der Waals surface area contributed by atoms with Crippen LogP contribution in [0.25, 0.3) is 11.2 Å². The van der Waals surface area contributed by atoms with Crippen molar-refractivity contribution in [1.29, 1.82) is 0 Å². The minimum absolute atomic E-state index is 0.479. The first-order valence-corrected chi connectivity index (χ1v) is 8.16. The molecule has 0 radical (unpaired) electrons. The van der Waals surface area contributed by atoms with Crippen LogP contribution in [0.1, 0.15) is 25.7 Å². The highest BCUT2D eigenvalue weighted by atomic mass is 35.5. The fraction of sp³-hybridized carbons (Fsp3) is 0.312. The van der Waals surface area contributed by atoms with Gasteiger partial charge in [0.15, 0.2) is 5.65 Å². The molecule has 2 aromatic heterocycles. The van der Waals surface area contributed by atoms with Crippen LogP contribution < -0.4 is 10.6 Å². The summed E-state index contributed by atoms with van der Waals surface area (Å²) in [6.45, 7) is 0. The Morgan fingerprint density at radius 2 is 1.96 bits per heavy atom. The predicted octanol–water partition coefficient (Wildman–Crippen LogP) is 4.10. The van der Waals surface area contributed by atoms with E-state index in [4.69, 9.17) is 11.6 Å². The number of H-pyrrole nitrogens is 1. The van der Waals surface area contributed by atoms with E-state index in [1.165, 1.54) is 25.7 Å². The van der Waals surface area contributed by atoms with Crippen molar-refractivity contribution >= 4 is 40.3 Å². The Kier molecular flexibility index (Phi) is 3.75. The van der Waals surface area contributed by atoms with Crippen molar-refractivity contribution in [1.82, 2.24) is 19.9 Å². The second kappa shape index (κ2) is 6.04. The Morgan fingerprint density at radius 1 is 1.13 bits per heavy atom. The van der Waals surface area contributed by atoms with Gasteiger partial charge in [-0.3, -0.25) is 0 Å². The van der Waals surface area contributed by atoms with Crippen LogP contribution in [0, 0.1) is 0 Å². The zero-order valence-electron chi connectivity index (χ0n) is 12.5. The first-order valence-electron chi connectivity index (χ1n) is 7.79. The number of nitrogens with zero attached hydrogens (tertiary/aromatic N) is 3. The normalized spacial score (nSPS) is 15.2. The molecule has 0 aliphatic heterocycles. The van der Waals surface area contributed by atoms with Crippen LogP contribution in [-0.2, 0) is 0 Å². The number of aromatic amines is 1. The van der Waals surface area contributed by atoms with E-state index in [1.54, 1.807) is 6.20 Å². The van der Waals surface area contributed by atoms with Crippen molar-refractivity contribution in [2.45, 2.75) is 31.7 Å². The van der Waals surface area contributed by atoms with E-state index >= 15 is 0 Å². The van der Waals surface area contributed by atoms with E-state index < -0.39 is 0 Å². The fourth-order valence-corrected chi connectivity index (χ4v) is 3.06. The molecule has 2 heterocycles. The third-order valence-corrected chi connectivity index (χ3v) is 4.38. The van der Waals surface area contributed by atoms with E-state index in [1.807, 2.05) is 24.3 Å². The van der Waals surface area contributed by atoms with Gasteiger partial charge in [0, 0.05) is 6.04 Å². The zero-order chi connectivity index (χ0) is 15.6. The standard InChI is InChI=1S/C16H17ClN6/c17-11-7-3-4-8-12(11)20-16-21-13-9-18-15(22-14(13)23-16)19-10-5-1-2-6-10/h3-4,7-10H,1-2,5-6H2,(H3,18,19,20,21,22,23). The Balaban J connectivity index is 1.56. The van der Waals surface area contributed by atoms with Gasteiger partial charge in [-0.2, -0.15) is 9.97 Å². The molecule has 4 rings (SSSR count). The van der Waals surface area contributed by atoms with Crippen LogP contribution in [0.3, 0.4) is 0 Å². The molecule has 3 aromatic rings. The first-order chi connectivity index (χ1) is 11.3. The van der Waals surface area contributed by atoms with Crippen molar-refractivity contribution < 1.29 is 0 Å². The van der Waals surface area contributed by atoms with Crippen molar-refractivity contribution in [3.63, 3.8) is 0 Å². The first kappa shape index (κ1) is 14.3. The smallest absolute Gasteiger partial charge is 0.225 e. The number of fused-ring (bicyclic) bond motifs is 1. The fourth-order valence-electron chi connectivity index (χ4n) is 2.88. The lowest BCUT2D eigenvalue weighted by molar-refractivity contribution is 0.745. The Bertz CT molecular complexity index is 824. The summed E-state index contributed by atoms with van der Waals surface area (Å²) in [5.41, 5.74) is 2.22. The summed E-state index contributed by atoms with van der Waals surface area (Å²) < 4.78 is 0. The van der Waals surface area contributed by atoms with Gasteiger partial charge in [-0.1, -0.05) is 36.6 Å². The van der Waals surface area contributed by atoms with E-state index in [2.05, 4.69) is 30.6 Å². The molecule has 0 spiro atoms. The summed E-state index contributed by atoms with van der Waals surface area (Å²) in [6, 6.07) is 8.01. The molecule has 23 heavy (non-hydrogen) atoms. The Labute approximate surface area is 138 Å². The molecule has 0 unspecified atom stereocenters. The predicted molar refractivity (Wildman–Crippen MR) is 92.3 cm³/mol. The summed E-state index contributed by atoms with van der Waals surface area (Å²) in [7, 11) is 0. The highest BCUT2D eigenvalue weighted by Crippen LogP contribution is 2.25. The largest absolute Gasteiger partial charge is 0.351 e. The third-order valence-electron chi connectivity index (χ3n) is 4.05. The van der Waals surface area contributed by atoms with Gasteiger partial charge in [-0.15, -0.1) is 0 Å². The molecule has 7 heteroatoms. The highest BCUT2D eigenvalue weighted by Gasteiger charge is 2.16. The van der Waals surface area contributed by atoms with E-state index in [-0.39, 0.29) is 0 Å². The minimum atomic E-state index is 0.479. The maximum Gasteiger partial charge on any atom is 0.225 e. The molecule has 1 aliphatic carbocycles. The summed E-state index contributed by atoms with van der Waals surface area (Å²) in [4.78, 5) is 16.5. The van der Waals surface area contributed by atoms with Crippen LogP contribution >= 0.6 is 11.6 Å². The maximum atomic E-state index is 6.15. The number of para-hydroxylation sites is 1. The second-order valence-electron chi connectivity index (χ2n) is 5.75. The zero-order valence-corrected chi connectivity index (χ0v) is 13.3. The van der Waals surface area contributed by atoms with Gasteiger partial charge in [0.25, 0.3) is 0 Å². The molecular weight excluding hydrogens is 312 g/mol. The highest BCUT2D eigenvalue weighted by molar-refractivity contribution is 6.33. The SMILES string of the molecule is Clc1ccccc1Nc1nc2nc(NC3CCCC3)ncc2[nH]1. The number of hydrogen-bond acceptors (Lipinski definition) is 5. The Morgan fingerprint density at radius 3 is 2.78 bits per heavy atom. The number of anilines is 3. The van der Waals surface area contributed by atoms with Crippen molar-refractivity contribution in [2.75, 3.05) is 10.6 Å². The van der Waals surface area contributed by atoms with Crippen molar-refractivity contribution in [3.05, 3.63) is 35.5 Å². The number of halogens is 1. The van der Waals surface area contributed by atoms with Crippen LogP contribution in [0.4, 0.5) is 17.6 Å². The molecule has 0 amide bonds. The van der Waals surface area contributed by atoms with Crippen LogP contribution in [0.15, 0.2) is 30.5 Å². The molecule has 0 bridgehead atoms. The number of aromatic nitrogens is 4. The Hall–Kier alpha value is -2.34. The van der Waals surface area contributed by atoms with Gasteiger partial charge < -0.3 is 15.6 Å². The van der Waals surface area contributed by atoms with E-state index in [0.717, 1.165) is 11.2 Å². The average Bonchev–Trinajstić information content (AvgIpc) is 3.18.